The van der Waals surface area contributed by atoms with Crippen LogP contribution in [0, 0.1) is 5.92 Å². The van der Waals surface area contributed by atoms with Gasteiger partial charge in [-0.15, -0.1) is 0 Å². The second kappa shape index (κ2) is 7.09. The van der Waals surface area contributed by atoms with Gasteiger partial charge in [0.15, 0.2) is 17.3 Å². The third kappa shape index (κ3) is 3.01. The van der Waals surface area contributed by atoms with E-state index < -0.39 is 12.1 Å². The van der Waals surface area contributed by atoms with Crippen molar-refractivity contribution < 1.29 is 24.1 Å². The van der Waals surface area contributed by atoms with E-state index >= 15 is 0 Å². The quantitative estimate of drug-likeness (QED) is 0.867. The number of hydrogen-bond acceptors (Lipinski definition) is 6. The van der Waals surface area contributed by atoms with Crippen molar-refractivity contribution in [1.29, 1.82) is 0 Å². The molecular weight excluding hydrogens is 310 g/mol. The van der Waals surface area contributed by atoms with E-state index in [9.17, 15) is 9.90 Å². The van der Waals surface area contributed by atoms with Gasteiger partial charge in [-0.05, 0) is 37.0 Å². The molecule has 2 aliphatic rings. The number of aliphatic hydroxyl groups excluding tert-OH is 1. The van der Waals surface area contributed by atoms with Gasteiger partial charge in [-0.2, -0.15) is 0 Å². The number of rotatable bonds is 4. The van der Waals surface area contributed by atoms with E-state index in [1.807, 2.05) is 12.1 Å². The first kappa shape index (κ1) is 17.2. The van der Waals surface area contributed by atoms with E-state index in [4.69, 9.17) is 14.2 Å². The fourth-order valence-corrected chi connectivity index (χ4v) is 3.90. The summed E-state index contributed by atoms with van der Waals surface area (Å²) in [7, 11) is 4.85. The SMILES string of the molecule is COc1ccc(C2NC3CC(OC)CCC3C(=O)C2O)cc1OC. The molecule has 3 rings (SSSR count). The van der Waals surface area contributed by atoms with E-state index in [0.717, 1.165) is 24.8 Å². The molecular formula is C18H25NO5. The molecule has 1 aromatic rings. The monoisotopic (exact) mass is 335 g/mol. The maximum atomic E-state index is 12.6. The van der Waals surface area contributed by atoms with E-state index in [-0.39, 0.29) is 23.8 Å². The van der Waals surface area contributed by atoms with Crippen LogP contribution in [0.4, 0.5) is 0 Å². The van der Waals surface area contributed by atoms with Crippen molar-refractivity contribution in [1.82, 2.24) is 5.32 Å². The Bertz CT molecular complexity index is 605. The predicted octanol–water partition coefficient (Wildman–Crippen LogP) is 1.46. The molecule has 0 bridgehead atoms. The molecule has 6 nitrogen and oxygen atoms in total. The minimum atomic E-state index is -1.05. The van der Waals surface area contributed by atoms with Gasteiger partial charge in [-0.1, -0.05) is 6.07 Å². The number of carbonyl (C=O) groups is 1. The van der Waals surface area contributed by atoms with Crippen molar-refractivity contribution >= 4 is 5.78 Å². The van der Waals surface area contributed by atoms with Gasteiger partial charge in [-0.3, -0.25) is 4.79 Å². The van der Waals surface area contributed by atoms with Crippen molar-refractivity contribution in [3.8, 4) is 11.5 Å². The summed E-state index contributed by atoms with van der Waals surface area (Å²) in [5.74, 6) is 0.987. The first-order chi connectivity index (χ1) is 11.6. The molecule has 1 aliphatic heterocycles. The zero-order valence-electron chi connectivity index (χ0n) is 14.3. The largest absolute Gasteiger partial charge is 0.493 e. The maximum Gasteiger partial charge on any atom is 0.167 e. The van der Waals surface area contributed by atoms with Crippen LogP contribution in [0.2, 0.25) is 0 Å². The summed E-state index contributed by atoms with van der Waals surface area (Å²) in [5, 5.41) is 14.0. The van der Waals surface area contributed by atoms with Gasteiger partial charge in [-0.25, -0.2) is 0 Å². The Kier molecular flexibility index (Phi) is 5.08. The van der Waals surface area contributed by atoms with Crippen LogP contribution in [0.15, 0.2) is 18.2 Å². The number of nitrogens with one attached hydrogen (secondary N) is 1. The molecule has 1 saturated heterocycles. The molecule has 24 heavy (non-hydrogen) atoms. The third-order valence-electron chi connectivity index (χ3n) is 5.27. The number of methoxy groups -OCH3 is 3. The first-order valence-corrected chi connectivity index (χ1v) is 8.31. The molecule has 1 heterocycles. The van der Waals surface area contributed by atoms with Crippen LogP contribution in [0.1, 0.15) is 30.9 Å². The van der Waals surface area contributed by atoms with Gasteiger partial charge in [0, 0.05) is 19.1 Å². The highest BCUT2D eigenvalue weighted by atomic mass is 16.5. The second-order valence-electron chi connectivity index (χ2n) is 6.49. The van der Waals surface area contributed by atoms with Crippen LogP contribution in [-0.2, 0) is 9.53 Å². The van der Waals surface area contributed by atoms with Gasteiger partial charge in [0.05, 0.1) is 26.4 Å². The fraction of sp³-hybridized carbons (Fsp3) is 0.611. The average Bonchev–Trinajstić information content (AvgIpc) is 2.63. The van der Waals surface area contributed by atoms with Crippen LogP contribution >= 0.6 is 0 Å². The molecule has 0 spiro atoms. The highest BCUT2D eigenvalue weighted by Crippen LogP contribution is 2.38. The van der Waals surface area contributed by atoms with Crippen LogP contribution < -0.4 is 14.8 Å². The molecule has 1 aliphatic carbocycles. The zero-order chi connectivity index (χ0) is 17.3. The molecule has 0 radical (unpaired) electrons. The van der Waals surface area contributed by atoms with Crippen LogP contribution in [0.3, 0.4) is 0 Å². The number of benzene rings is 1. The van der Waals surface area contributed by atoms with E-state index in [1.54, 1.807) is 27.4 Å². The van der Waals surface area contributed by atoms with Crippen LogP contribution in [0.5, 0.6) is 11.5 Å². The Labute approximate surface area is 142 Å². The summed E-state index contributed by atoms with van der Waals surface area (Å²) in [6.07, 6.45) is 1.50. The lowest BCUT2D eigenvalue weighted by Gasteiger charge is -2.44. The van der Waals surface area contributed by atoms with Crippen molar-refractivity contribution in [3.63, 3.8) is 0 Å². The Morgan fingerprint density at radius 1 is 1.12 bits per heavy atom. The van der Waals surface area contributed by atoms with Gasteiger partial charge in [0.2, 0.25) is 0 Å². The molecule has 132 valence electrons. The molecule has 0 aromatic heterocycles. The van der Waals surface area contributed by atoms with Crippen molar-refractivity contribution in [2.45, 2.75) is 43.6 Å². The lowest BCUT2D eigenvalue weighted by molar-refractivity contribution is -0.140. The molecule has 1 saturated carbocycles. The maximum absolute atomic E-state index is 12.6. The standard InChI is InChI=1S/C18H25NO5/c1-22-11-5-6-12-13(9-11)19-16(18(21)17(12)20)10-4-7-14(23-2)15(8-10)24-3/h4,7-8,11-13,16,18-19,21H,5-6,9H2,1-3H3. The van der Waals surface area contributed by atoms with Crippen LogP contribution in [0.25, 0.3) is 0 Å². The van der Waals surface area contributed by atoms with Gasteiger partial charge >= 0.3 is 0 Å². The van der Waals surface area contributed by atoms with Crippen molar-refractivity contribution in [2.24, 2.45) is 5.92 Å². The highest BCUT2D eigenvalue weighted by Gasteiger charge is 2.45. The summed E-state index contributed by atoms with van der Waals surface area (Å²) in [6.45, 7) is 0. The number of fused-ring (bicyclic) bond motifs is 1. The van der Waals surface area contributed by atoms with E-state index in [0.29, 0.717) is 11.5 Å². The van der Waals surface area contributed by atoms with Gasteiger partial charge in [0.1, 0.15) is 6.10 Å². The Balaban J connectivity index is 1.86. The molecule has 6 heteroatoms. The number of Topliss-reactive ketones (excluding diaryl/α,β-unsaturated/α-hetero) is 1. The molecule has 2 N–H and O–H groups in total. The Morgan fingerprint density at radius 2 is 1.88 bits per heavy atom. The normalized spacial score (nSPS) is 33.0. The molecule has 0 amide bonds. The van der Waals surface area contributed by atoms with E-state index in [2.05, 4.69) is 5.32 Å². The number of hydrogen-bond donors (Lipinski definition) is 2. The van der Waals surface area contributed by atoms with Crippen LogP contribution in [-0.4, -0.2) is 50.5 Å². The lowest BCUT2D eigenvalue weighted by atomic mass is 9.73. The number of ether oxygens (including phenoxy) is 3. The van der Waals surface area contributed by atoms with Gasteiger partial charge in [0.25, 0.3) is 0 Å². The third-order valence-corrected chi connectivity index (χ3v) is 5.27. The summed E-state index contributed by atoms with van der Waals surface area (Å²) >= 11 is 0. The molecule has 5 atom stereocenters. The van der Waals surface area contributed by atoms with Crippen molar-refractivity contribution in [2.75, 3.05) is 21.3 Å². The summed E-state index contributed by atoms with van der Waals surface area (Å²) in [4.78, 5) is 12.6. The highest BCUT2D eigenvalue weighted by molar-refractivity contribution is 5.88. The Morgan fingerprint density at radius 3 is 2.54 bits per heavy atom. The van der Waals surface area contributed by atoms with Gasteiger partial charge < -0.3 is 24.6 Å². The molecule has 1 aromatic carbocycles. The minimum Gasteiger partial charge on any atom is -0.493 e. The lowest BCUT2D eigenvalue weighted by Crippen LogP contribution is -2.58. The predicted molar refractivity (Wildman–Crippen MR) is 88.4 cm³/mol. The molecule has 5 unspecified atom stereocenters. The first-order valence-electron chi connectivity index (χ1n) is 8.31. The summed E-state index contributed by atoms with van der Waals surface area (Å²) < 4.78 is 16.0. The number of carbonyl (C=O) groups excluding carboxylic acids is 1. The fourth-order valence-electron chi connectivity index (χ4n) is 3.90. The number of ketones is 1. The number of piperidine rings is 1. The number of aliphatic hydroxyl groups is 1. The van der Waals surface area contributed by atoms with E-state index in [1.165, 1.54) is 0 Å². The smallest absolute Gasteiger partial charge is 0.167 e. The summed E-state index contributed by atoms with van der Waals surface area (Å²) in [6, 6.07) is 5.03. The summed E-state index contributed by atoms with van der Waals surface area (Å²) in [5.41, 5.74) is 0.812. The Hall–Kier alpha value is -1.63. The van der Waals surface area contributed by atoms with Crippen molar-refractivity contribution in [3.05, 3.63) is 23.8 Å². The zero-order valence-corrected chi connectivity index (χ0v) is 14.3. The molecule has 2 fully saturated rings. The minimum absolute atomic E-state index is 0.0256. The second-order valence-corrected chi connectivity index (χ2v) is 6.49. The average molecular weight is 335 g/mol. The topological polar surface area (TPSA) is 77.0 Å².